The van der Waals surface area contributed by atoms with Crippen LogP contribution in [0.15, 0.2) is 47.1 Å². The van der Waals surface area contributed by atoms with Crippen molar-refractivity contribution in [2.24, 2.45) is 0 Å². The van der Waals surface area contributed by atoms with Gasteiger partial charge in [0.15, 0.2) is 0 Å². The number of hydrogen-bond acceptors (Lipinski definition) is 5. The molecule has 7 heteroatoms. The number of aromatic nitrogens is 3. The summed E-state index contributed by atoms with van der Waals surface area (Å²) >= 11 is 0. The van der Waals surface area contributed by atoms with Gasteiger partial charge in [0.2, 0.25) is 17.5 Å². The van der Waals surface area contributed by atoms with Crippen LogP contribution in [0.3, 0.4) is 0 Å². The molecule has 2 aromatic heterocycles. The maximum absolute atomic E-state index is 13.0. The van der Waals surface area contributed by atoms with E-state index in [0.717, 1.165) is 13.0 Å². The standard InChI is InChI=1S/C16H14FN5O/c17-13-5-3-12(4-6-13)15-21-14(11-18)16(23-15)19-7-1-9-22-10-2-8-20-22/h2-6,8,10,19H,1,7,9H2. The minimum atomic E-state index is -0.335. The molecule has 0 aliphatic rings. The second-order valence-electron chi connectivity index (χ2n) is 4.86. The Morgan fingerprint density at radius 3 is 2.83 bits per heavy atom. The molecule has 0 amide bonds. The third kappa shape index (κ3) is 3.55. The lowest BCUT2D eigenvalue weighted by atomic mass is 10.2. The summed E-state index contributed by atoms with van der Waals surface area (Å²) in [6, 6.07) is 9.62. The van der Waals surface area contributed by atoms with E-state index < -0.39 is 0 Å². The minimum absolute atomic E-state index is 0.184. The van der Waals surface area contributed by atoms with Gasteiger partial charge in [-0.15, -0.1) is 0 Å². The zero-order valence-corrected chi connectivity index (χ0v) is 12.2. The maximum atomic E-state index is 13.0. The lowest BCUT2D eigenvalue weighted by molar-refractivity contribution is 0.566. The highest BCUT2D eigenvalue weighted by Crippen LogP contribution is 2.25. The van der Waals surface area contributed by atoms with E-state index in [-0.39, 0.29) is 17.4 Å². The lowest BCUT2D eigenvalue weighted by Gasteiger charge is -2.03. The normalized spacial score (nSPS) is 10.4. The van der Waals surface area contributed by atoms with E-state index in [1.54, 1.807) is 18.3 Å². The zero-order chi connectivity index (χ0) is 16.1. The van der Waals surface area contributed by atoms with Gasteiger partial charge in [-0.05, 0) is 36.8 Å². The molecule has 0 spiro atoms. The molecule has 0 radical (unpaired) electrons. The van der Waals surface area contributed by atoms with Crippen LogP contribution < -0.4 is 5.32 Å². The van der Waals surface area contributed by atoms with Gasteiger partial charge >= 0.3 is 0 Å². The number of halogens is 1. The van der Waals surface area contributed by atoms with Gasteiger partial charge in [0.05, 0.1) is 0 Å². The topological polar surface area (TPSA) is 79.7 Å². The van der Waals surface area contributed by atoms with Gasteiger partial charge in [-0.1, -0.05) is 0 Å². The molecule has 6 nitrogen and oxygen atoms in total. The SMILES string of the molecule is N#Cc1nc(-c2ccc(F)cc2)oc1NCCCn1cccn1. The summed E-state index contributed by atoms with van der Waals surface area (Å²) in [5, 5.41) is 16.3. The molecule has 116 valence electrons. The second kappa shape index (κ2) is 6.75. The molecule has 0 saturated heterocycles. The summed E-state index contributed by atoms with van der Waals surface area (Å²) in [4.78, 5) is 4.13. The molecular formula is C16H14FN5O. The number of oxazole rings is 1. The number of anilines is 1. The fourth-order valence-electron chi connectivity index (χ4n) is 2.11. The number of hydrogen-bond donors (Lipinski definition) is 1. The van der Waals surface area contributed by atoms with Crippen molar-refractivity contribution in [3.05, 3.63) is 54.2 Å². The molecule has 0 atom stereocenters. The first-order chi connectivity index (χ1) is 11.3. The van der Waals surface area contributed by atoms with Gasteiger partial charge in [0.1, 0.15) is 11.9 Å². The molecule has 0 aliphatic heterocycles. The number of benzene rings is 1. The summed E-state index contributed by atoms with van der Waals surface area (Å²) in [6.45, 7) is 1.38. The molecular weight excluding hydrogens is 297 g/mol. The summed E-state index contributed by atoms with van der Waals surface area (Å²) in [5.74, 6) is 0.279. The van der Waals surface area contributed by atoms with E-state index in [0.29, 0.717) is 18.0 Å². The molecule has 0 fully saturated rings. The largest absolute Gasteiger partial charge is 0.419 e. The minimum Gasteiger partial charge on any atom is -0.419 e. The van der Waals surface area contributed by atoms with Crippen LogP contribution in [0.5, 0.6) is 0 Å². The van der Waals surface area contributed by atoms with Gasteiger partial charge in [0.25, 0.3) is 0 Å². The molecule has 1 aromatic carbocycles. The van der Waals surface area contributed by atoms with E-state index in [9.17, 15) is 4.39 Å². The third-order valence-electron chi connectivity index (χ3n) is 3.23. The van der Waals surface area contributed by atoms with Crippen LogP contribution in [0.25, 0.3) is 11.5 Å². The van der Waals surface area contributed by atoms with Gasteiger partial charge in [-0.25, -0.2) is 4.39 Å². The Hall–Kier alpha value is -3.14. The monoisotopic (exact) mass is 311 g/mol. The van der Waals surface area contributed by atoms with Crippen molar-refractivity contribution >= 4 is 5.88 Å². The van der Waals surface area contributed by atoms with Gasteiger partial charge < -0.3 is 9.73 Å². The van der Waals surface area contributed by atoms with Crippen molar-refractivity contribution in [2.75, 3.05) is 11.9 Å². The highest BCUT2D eigenvalue weighted by atomic mass is 19.1. The van der Waals surface area contributed by atoms with Crippen LogP contribution in [0.2, 0.25) is 0 Å². The lowest BCUT2D eigenvalue weighted by Crippen LogP contribution is -2.07. The highest BCUT2D eigenvalue weighted by molar-refractivity contribution is 5.58. The first-order valence-electron chi connectivity index (χ1n) is 7.14. The van der Waals surface area contributed by atoms with Crippen LogP contribution >= 0.6 is 0 Å². The molecule has 0 unspecified atom stereocenters. The van der Waals surface area contributed by atoms with Crippen molar-refractivity contribution in [1.82, 2.24) is 14.8 Å². The predicted molar refractivity (Wildman–Crippen MR) is 81.9 cm³/mol. The van der Waals surface area contributed by atoms with Crippen molar-refractivity contribution in [2.45, 2.75) is 13.0 Å². The van der Waals surface area contributed by atoms with Crippen LogP contribution in [-0.4, -0.2) is 21.3 Å². The second-order valence-corrected chi connectivity index (χ2v) is 4.86. The fraction of sp³-hybridized carbons (Fsp3) is 0.188. The molecule has 0 bridgehead atoms. The van der Waals surface area contributed by atoms with E-state index >= 15 is 0 Å². The number of nitriles is 1. The Balaban J connectivity index is 1.65. The fourth-order valence-corrected chi connectivity index (χ4v) is 2.11. The van der Waals surface area contributed by atoms with Crippen molar-refractivity contribution in [3.8, 4) is 17.5 Å². The number of rotatable bonds is 6. The molecule has 23 heavy (non-hydrogen) atoms. The van der Waals surface area contributed by atoms with Crippen LogP contribution in [0.1, 0.15) is 12.1 Å². The van der Waals surface area contributed by atoms with Crippen LogP contribution in [-0.2, 0) is 6.54 Å². The first-order valence-corrected chi connectivity index (χ1v) is 7.14. The molecule has 3 aromatic rings. The van der Waals surface area contributed by atoms with E-state index in [4.69, 9.17) is 9.68 Å². The first kappa shape index (κ1) is 14.8. The average molecular weight is 311 g/mol. The predicted octanol–water partition coefficient (Wildman–Crippen LogP) is 3.05. The summed E-state index contributed by atoms with van der Waals surface area (Å²) in [7, 11) is 0. The summed E-state index contributed by atoms with van der Waals surface area (Å²) in [5.41, 5.74) is 0.802. The molecule has 0 aliphatic carbocycles. The third-order valence-corrected chi connectivity index (χ3v) is 3.23. The van der Waals surface area contributed by atoms with Crippen LogP contribution in [0.4, 0.5) is 10.3 Å². The van der Waals surface area contributed by atoms with Crippen molar-refractivity contribution in [3.63, 3.8) is 0 Å². The maximum Gasteiger partial charge on any atom is 0.232 e. The smallest absolute Gasteiger partial charge is 0.232 e. The Morgan fingerprint density at radius 1 is 1.30 bits per heavy atom. The Labute approximate surface area is 132 Å². The highest BCUT2D eigenvalue weighted by Gasteiger charge is 2.14. The Bertz CT molecular complexity index is 802. The van der Waals surface area contributed by atoms with E-state index in [1.165, 1.54) is 12.1 Å². The van der Waals surface area contributed by atoms with Crippen LogP contribution in [0, 0.1) is 17.1 Å². The number of nitrogens with one attached hydrogen (secondary N) is 1. The number of nitrogens with zero attached hydrogens (tertiary/aromatic N) is 4. The van der Waals surface area contributed by atoms with Gasteiger partial charge in [0, 0.05) is 31.0 Å². The average Bonchev–Trinajstić information content (AvgIpc) is 3.22. The quantitative estimate of drug-likeness (QED) is 0.708. The Morgan fingerprint density at radius 2 is 2.13 bits per heavy atom. The van der Waals surface area contributed by atoms with E-state index in [1.807, 2.05) is 23.0 Å². The Kier molecular flexibility index (Phi) is 4.34. The molecule has 1 N–H and O–H groups in total. The van der Waals surface area contributed by atoms with Crippen molar-refractivity contribution < 1.29 is 8.81 Å². The number of aryl methyl sites for hydroxylation is 1. The summed E-state index contributed by atoms with van der Waals surface area (Å²) in [6.07, 6.45) is 4.44. The zero-order valence-electron chi connectivity index (χ0n) is 12.2. The van der Waals surface area contributed by atoms with E-state index in [2.05, 4.69) is 15.4 Å². The summed E-state index contributed by atoms with van der Waals surface area (Å²) < 4.78 is 20.4. The molecule has 3 rings (SSSR count). The molecule has 0 saturated carbocycles. The molecule has 2 heterocycles. The van der Waals surface area contributed by atoms with Gasteiger partial charge in [-0.3, -0.25) is 4.68 Å². The van der Waals surface area contributed by atoms with Crippen molar-refractivity contribution in [1.29, 1.82) is 5.26 Å². The van der Waals surface area contributed by atoms with Gasteiger partial charge in [-0.2, -0.15) is 15.3 Å².